The van der Waals surface area contributed by atoms with Gasteiger partial charge in [-0.25, -0.2) is 4.57 Å². The Morgan fingerprint density at radius 2 is 1.83 bits per heavy atom. The molecule has 0 aliphatic heterocycles. The summed E-state index contributed by atoms with van der Waals surface area (Å²) in [5, 5.41) is 4.88. The second-order valence-corrected chi connectivity index (χ2v) is 8.01. The van der Waals surface area contributed by atoms with E-state index in [0.717, 1.165) is 0 Å². The largest absolute Gasteiger partial charge is 0.365 e. The lowest BCUT2D eigenvalue weighted by Crippen LogP contribution is -2.42. The van der Waals surface area contributed by atoms with Gasteiger partial charge in [0.05, 0.1) is 20.1 Å². The minimum atomic E-state index is 0.0834. The van der Waals surface area contributed by atoms with Crippen LogP contribution in [-0.2, 0) is 0 Å². The molecule has 1 rings (SSSR count). The van der Waals surface area contributed by atoms with E-state index >= 15 is 0 Å². The minimum Gasteiger partial charge on any atom is -0.365 e. The van der Waals surface area contributed by atoms with Crippen molar-refractivity contribution in [2.45, 2.75) is 50.5 Å². The van der Waals surface area contributed by atoms with Gasteiger partial charge in [-0.1, -0.05) is 23.1 Å². The van der Waals surface area contributed by atoms with Crippen LogP contribution in [-0.4, -0.2) is 25.9 Å². The van der Waals surface area contributed by atoms with Gasteiger partial charge in [0.1, 0.15) is 0 Å². The summed E-state index contributed by atoms with van der Waals surface area (Å²) in [5.41, 5.74) is 0.0834. The molecule has 0 unspecified atom stereocenters. The standard InChI is InChI=1S/C13H26N3S2/c1-9(2)16-11(15(6)7)10(14-13(3,4)5)18-12(16)17-8/h9,14H,1-8H3/q+1. The zero-order valence-electron chi connectivity index (χ0n) is 12.8. The van der Waals surface area contributed by atoms with Crippen LogP contribution < -0.4 is 14.8 Å². The third-order valence-corrected chi connectivity index (χ3v) is 4.58. The summed E-state index contributed by atoms with van der Waals surface area (Å²) >= 11 is 3.66. The van der Waals surface area contributed by atoms with Gasteiger partial charge in [0.15, 0.2) is 5.00 Å². The van der Waals surface area contributed by atoms with Crippen molar-refractivity contribution < 1.29 is 4.57 Å². The van der Waals surface area contributed by atoms with E-state index in [2.05, 4.69) is 69.8 Å². The van der Waals surface area contributed by atoms with Crippen molar-refractivity contribution >= 4 is 33.9 Å². The van der Waals surface area contributed by atoms with Crippen LogP contribution >= 0.6 is 23.1 Å². The number of hydrogen-bond acceptors (Lipinski definition) is 4. The third-order valence-electron chi connectivity index (χ3n) is 2.42. The number of nitrogens with zero attached hydrogens (tertiary/aromatic N) is 2. The Balaban J connectivity index is 3.34. The average Bonchev–Trinajstić information content (AvgIpc) is 2.53. The van der Waals surface area contributed by atoms with Crippen molar-refractivity contribution in [3.8, 4) is 0 Å². The maximum atomic E-state index is 3.62. The van der Waals surface area contributed by atoms with E-state index < -0.39 is 0 Å². The molecule has 1 aromatic rings. The van der Waals surface area contributed by atoms with E-state index in [1.165, 1.54) is 15.2 Å². The van der Waals surface area contributed by atoms with Gasteiger partial charge in [-0.2, -0.15) is 0 Å². The van der Waals surface area contributed by atoms with E-state index in [0.29, 0.717) is 6.04 Å². The Hall–Kier alpha value is -0.420. The number of thiazole rings is 1. The van der Waals surface area contributed by atoms with Crippen molar-refractivity contribution in [3.05, 3.63) is 0 Å². The molecule has 0 aliphatic rings. The fourth-order valence-electron chi connectivity index (χ4n) is 1.81. The van der Waals surface area contributed by atoms with E-state index in [9.17, 15) is 0 Å². The third kappa shape index (κ3) is 3.54. The first kappa shape index (κ1) is 15.6. The van der Waals surface area contributed by atoms with Gasteiger partial charge in [0, 0.05) is 5.54 Å². The maximum absolute atomic E-state index is 3.62. The molecule has 3 nitrogen and oxygen atoms in total. The Labute approximate surface area is 120 Å². The SMILES string of the molecule is CSc1sc(NC(C)(C)C)c(N(C)C)[n+]1C(C)C. The molecule has 0 saturated heterocycles. The van der Waals surface area contributed by atoms with Crippen LogP contribution in [0.1, 0.15) is 40.7 Å². The molecular formula is C13H26N3S2+. The van der Waals surface area contributed by atoms with Crippen molar-refractivity contribution in [2.75, 3.05) is 30.6 Å². The van der Waals surface area contributed by atoms with Gasteiger partial charge < -0.3 is 5.32 Å². The normalized spacial score (nSPS) is 12.1. The molecule has 0 amide bonds. The summed E-state index contributed by atoms with van der Waals surface area (Å²) in [7, 11) is 4.22. The Morgan fingerprint density at radius 3 is 2.17 bits per heavy atom. The second-order valence-electron chi connectivity index (χ2n) is 5.96. The minimum absolute atomic E-state index is 0.0834. The summed E-state index contributed by atoms with van der Waals surface area (Å²) in [6.45, 7) is 11.1. The van der Waals surface area contributed by atoms with Gasteiger partial charge in [-0.3, -0.25) is 4.90 Å². The predicted octanol–water partition coefficient (Wildman–Crippen LogP) is 3.61. The highest BCUT2D eigenvalue weighted by molar-refractivity contribution is 8.00. The van der Waals surface area contributed by atoms with Crippen LogP contribution in [0.4, 0.5) is 10.8 Å². The van der Waals surface area contributed by atoms with Gasteiger partial charge in [0.25, 0.3) is 0 Å². The fraction of sp³-hybridized carbons (Fsp3) is 0.769. The van der Waals surface area contributed by atoms with Crippen LogP contribution in [0.3, 0.4) is 0 Å². The fourth-order valence-corrected chi connectivity index (χ4v) is 4.19. The molecule has 18 heavy (non-hydrogen) atoms. The molecule has 0 saturated carbocycles. The van der Waals surface area contributed by atoms with Gasteiger partial charge in [-0.15, -0.1) is 0 Å². The lowest BCUT2D eigenvalue weighted by molar-refractivity contribution is -0.732. The molecule has 1 aromatic heterocycles. The predicted molar refractivity (Wildman–Crippen MR) is 84.4 cm³/mol. The van der Waals surface area contributed by atoms with Crippen molar-refractivity contribution in [1.29, 1.82) is 0 Å². The number of rotatable bonds is 4. The van der Waals surface area contributed by atoms with Crippen molar-refractivity contribution in [3.63, 3.8) is 0 Å². The number of nitrogens with one attached hydrogen (secondary N) is 1. The van der Waals surface area contributed by atoms with E-state index in [1.807, 2.05) is 23.1 Å². The second kappa shape index (κ2) is 5.70. The topological polar surface area (TPSA) is 19.1 Å². The molecule has 0 aromatic carbocycles. The molecule has 1 N–H and O–H groups in total. The number of thioether (sulfide) groups is 1. The van der Waals surface area contributed by atoms with Crippen LogP contribution in [0.25, 0.3) is 0 Å². The lowest BCUT2D eigenvalue weighted by Gasteiger charge is -2.21. The quantitative estimate of drug-likeness (QED) is 0.674. The lowest BCUT2D eigenvalue weighted by atomic mass is 10.1. The highest BCUT2D eigenvalue weighted by atomic mass is 32.2. The molecule has 0 spiro atoms. The Bertz CT molecular complexity index is 403. The summed E-state index contributed by atoms with van der Waals surface area (Å²) < 4.78 is 3.75. The van der Waals surface area contributed by atoms with E-state index in [4.69, 9.17) is 0 Å². The smallest absolute Gasteiger partial charge is 0.312 e. The molecule has 0 radical (unpaired) electrons. The molecule has 0 atom stereocenters. The Morgan fingerprint density at radius 1 is 1.28 bits per heavy atom. The summed E-state index contributed by atoms with van der Waals surface area (Å²) in [6, 6.07) is 0.469. The molecule has 104 valence electrons. The molecule has 0 fully saturated rings. The number of aromatic nitrogens is 1. The maximum Gasteiger partial charge on any atom is 0.312 e. The molecule has 0 aliphatic carbocycles. The van der Waals surface area contributed by atoms with Crippen molar-refractivity contribution in [1.82, 2.24) is 0 Å². The zero-order valence-corrected chi connectivity index (χ0v) is 14.4. The molecule has 0 bridgehead atoms. The highest BCUT2D eigenvalue weighted by Gasteiger charge is 2.29. The first-order chi connectivity index (χ1) is 8.17. The van der Waals surface area contributed by atoms with Crippen LogP contribution in [0.2, 0.25) is 0 Å². The average molecular weight is 289 g/mol. The van der Waals surface area contributed by atoms with Crippen LogP contribution in [0.15, 0.2) is 4.34 Å². The van der Waals surface area contributed by atoms with E-state index in [1.54, 1.807) is 0 Å². The Kier molecular flexibility index (Phi) is 4.95. The van der Waals surface area contributed by atoms with Crippen LogP contribution in [0.5, 0.6) is 0 Å². The van der Waals surface area contributed by atoms with Crippen LogP contribution in [0, 0.1) is 0 Å². The van der Waals surface area contributed by atoms with Crippen molar-refractivity contribution in [2.24, 2.45) is 0 Å². The zero-order chi connectivity index (χ0) is 14.1. The van der Waals surface area contributed by atoms with E-state index in [-0.39, 0.29) is 5.54 Å². The summed E-state index contributed by atoms with van der Waals surface area (Å²) in [4.78, 5) is 2.20. The molecule has 5 heteroatoms. The van der Waals surface area contributed by atoms with Gasteiger partial charge >= 0.3 is 5.82 Å². The first-order valence-electron chi connectivity index (χ1n) is 6.25. The molecular weight excluding hydrogens is 262 g/mol. The number of anilines is 2. The number of hydrogen-bond donors (Lipinski definition) is 1. The van der Waals surface area contributed by atoms with Gasteiger partial charge in [-0.05, 0) is 40.9 Å². The monoisotopic (exact) mass is 288 g/mol. The highest BCUT2D eigenvalue weighted by Crippen LogP contribution is 2.36. The molecule has 1 heterocycles. The van der Waals surface area contributed by atoms with Gasteiger partial charge in [0.2, 0.25) is 4.34 Å². The summed E-state index contributed by atoms with van der Waals surface area (Å²) in [5.74, 6) is 1.27. The summed E-state index contributed by atoms with van der Waals surface area (Å²) in [6.07, 6.45) is 2.14. The first-order valence-corrected chi connectivity index (χ1v) is 8.29.